The third kappa shape index (κ3) is 3.70. The summed E-state index contributed by atoms with van der Waals surface area (Å²) in [6.45, 7) is 4.72. The second kappa shape index (κ2) is 6.07. The predicted molar refractivity (Wildman–Crippen MR) is 61.7 cm³/mol. The van der Waals surface area contributed by atoms with Crippen LogP contribution < -0.4 is 10.9 Å². The highest BCUT2D eigenvalue weighted by atomic mass is 15.3. The van der Waals surface area contributed by atoms with Crippen molar-refractivity contribution in [2.75, 3.05) is 7.05 Å². The van der Waals surface area contributed by atoms with Gasteiger partial charge in [-0.25, -0.2) is 5.43 Å². The summed E-state index contributed by atoms with van der Waals surface area (Å²) < 4.78 is 0. The van der Waals surface area contributed by atoms with Crippen LogP contribution in [0.3, 0.4) is 0 Å². The Kier molecular flexibility index (Phi) is 5.02. The summed E-state index contributed by atoms with van der Waals surface area (Å²) in [6.07, 6.45) is 8.92. The molecule has 2 atom stereocenters. The van der Waals surface area contributed by atoms with Gasteiger partial charge in [-0.1, -0.05) is 32.3 Å². The molecular weight excluding hydrogens is 172 g/mol. The summed E-state index contributed by atoms with van der Waals surface area (Å²) in [4.78, 5) is 0. The molecule has 1 fully saturated rings. The van der Waals surface area contributed by atoms with Crippen molar-refractivity contribution in [1.82, 2.24) is 10.9 Å². The van der Waals surface area contributed by atoms with E-state index in [-0.39, 0.29) is 0 Å². The molecule has 14 heavy (non-hydrogen) atoms. The maximum Gasteiger partial charge on any atom is 0.0120 e. The molecule has 2 unspecified atom stereocenters. The van der Waals surface area contributed by atoms with Crippen molar-refractivity contribution < 1.29 is 0 Å². The summed E-state index contributed by atoms with van der Waals surface area (Å²) in [5, 5.41) is 0. The first kappa shape index (κ1) is 11.6. The van der Waals surface area contributed by atoms with Crippen LogP contribution in [0.25, 0.3) is 0 Å². The van der Waals surface area contributed by atoms with E-state index in [1.54, 1.807) is 5.57 Å². The minimum absolute atomic E-state index is 0.753. The first-order chi connectivity index (χ1) is 6.74. The van der Waals surface area contributed by atoms with Crippen molar-refractivity contribution in [3.05, 3.63) is 11.8 Å². The van der Waals surface area contributed by atoms with Crippen molar-refractivity contribution in [2.24, 2.45) is 11.8 Å². The van der Waals surface area contributed by atoms with Crippen LogP contribution in [-0.2, 0) is 0 Å². The van der Waals surface area contributed by atoms with Gasteiger partial charge in [-0.15, -0.1) is 0 Å². The number of hydrogen-bond donors (Lipinski definition) is 2. The molecule has 82 valence electrons. The largest absolute Gasteiger partial charge is 0.329 e. The summed E-state index contributed by atoms with van der Waals surface area (Å²) in [6, 6.07) is 0. The van der Waals surface area contributed by atoms with Crippen LogP contribution in [0.5, 0.6) is 0 Å². The molecule has 1 aliphatic carbocycles. The zero-order chi connectivity index (χ0) is 10.4. The zero-order valence-corrected chi connectivity index (χ0v) is 9.77. The van der Waals surface area contributed by atoms with Crippen LogP contribution in [0.15, 0.2) is 11.8 Å². The molecule has 2 N–H and O–H groups in total. The maximum absolute atomic E-state index is 3.10. The van der Waals surface area contributed by atoms with E-state index < -0.39 is 0 Å². The summed E-state index contributed by atoms with van der Waals surface area (Å²) in [7, 11) is 1.91. The molecule has 0 aromatic rings. The average molecular weight is 196 g/mol. The van der Waals surface area contributed by atoms with E-state index in [1.807, 2.05) is 7.05 Å². The minimum Gasteiger partial charge on any atom is -0.329 e. The monoisotopic (exact) mass is 196 g/mol. The highest BCUT2D eigenvalue weighted by molar-refractivity contribution is 5.05. The molecular formula is C12H24N2. The molecule has 0 bridgehead atoms. The SMILES string of the molecule is CNN/C=C1/CCC(C)CCCC1C. The van der Waals surface area contributed by atoms with E-state index in [1.165, 1.54) is 32.1 Å². The lowest BCUT2D eigenvalue weighted by Crippen LogP contribution is -2.23. The quantitative estimate of drug-likeness (QED) is 0.664. The first-order valence-corrected chi connectivity index (χ1v) is 5.85. The minimum atomic E-state index is 0.753. The molecule has 0 amide bonds. The molecule has 0 heterocycles. The molecule has 2 nitrogen and oxygen atoms in total. The Bertz CT molecular complexity index is 187. The second-order valence-electron chi connectivity index (χ2n) is 4.59. The van der Waals surface area contributed by atoms with Crippen molar-refractivity contribution in [3.63, 3.8) is 0 Å². The molecule has 0 radical (unpaired) electrons. The Hall–Kier alpha value is -0.500. The predicted octanol–water partition coefficient (Wildman–Crippen LogP) is 2.83. The van der Waals surface area contributed by atoms with Crippen molar-refractivity contribution in [3.8, 4) is 0 Å². The van der Waals surface area contributed by atoms with Gasteiger partial charge in [-0.05, 0) is 31.1 Å². The van der Waals surface area contributed by atoms with Crippen LogP contribution in [0.4, 0.5) is 0 Å². The Labute approximate surface area is 88.1 Å². The highest BCUT2D eigenvalue weighted by Crippen LogP contribution is 2.28. The number of nitrogens with one attached hydrogen (secondary N) is 2. The topological polar surface area (TPSA) is 24.1 Å². The lowest BCUT2D eigenvalue weighted by molar-refractivity contribution is 0.400. The van der Waals surface area contributed by atoms with Gasteiger partial charge in [-0.2, -0.15) is 0 Å². The molecule has 2 heteroatoms. The molecule has 1 aliphatic rings. The van der Waals surface area contributed by atoms with Gasteiger partial charge in [0.05, 0.1) is 0 Å². The van der Waals surface area contributed by atoms with Crippen LogP contribution in [0.2, 0.25) is 0 Å². The fraction of sp³-hybridized carbons (Fsp3) is 0.833. The summed E-state index contributed by atoms with van der Waals surface area (Å²) in [5.74, 6) is 1.66. The highest BCUT2D eigenvalue weighted by Gasteiger charge is 2.14. The van der Waals surface area contributed by atoms with Crippen molar-refractivity contribution in [1.29, 1.82) is 0 Å². The third-order valence-electron chi connectivity index (χ3n) is 3.29. The molecule has 0 saturated heterocycles. The van der Waals surface area contributed by atoms with E-state index in [0.717, 1.165) is 11.8 Å². The second-order valence-corrected chi connectivity index (χ2v) is 4.59. The fourth-order valence-electron chi connectivity index (χ4n) is 2.14. The smallest absolute Gasteiger partial charge is 0.0120 e. The molecule has 0 aromatic heterocycles. The zero-order valence-electron chi connectivity index (χ0n) is 9.77. The van der Waals surface area contributed by atoms with Crippen LogP contribution >= 0.6 is 0 Å². The first-order valence-electron chi connectivity index (χ1n) is 5.85. The van der Waals surface area contributed by atoms with Gasteiger partial charge in [0, 0.05) is 13.2 Å². The molecule has 1 rings (SSSR count). The molecule has 0 aliphatic heterocycles. The fourth-order valence-corrected chi connectivity index (χ4v) is 2.14. The van der Waals surface area contributed by atoms with Gasteiger partial charge in [0.25, 0.3) is 0 Å². The summed E-state index contributed by atoms with van der Waals surface area (Å²) in [5.41, 5.74) is 7.63. The van der Waals surface area contributed by atoms with Crippen molar-refractivity contribution >= 4 is 0 Å². The van der Waals surface area contributed by atoms with Gasteiger partial charge in [0.1, 0.15) is 0 Å². The number of allylic oxidation sites excluding steroid dienone is 1. The van der Waals surface area contributed by atoms with Crippen LogP contribution in [-0.4, -0.2) is 7.05 Å². The van der Waals surface area contributed by atoms with E-state index in [9.17, 15) is 0 Å². The number of rotatable bonds is 2. The van der Waals surface area contributed by atoms with Gasteiger partial charge >= 0.3 is 0 Å². The average Bonchev–Trinajstić information content (AvgIpc) is 2.15. The molecule has 0 spiro atoms. The van der Waals surface area contributed by atoms with Gasteiger partial charge < -0.3 is 5.43 Å². The van der Waals surface area contributed by atoms with Gasteiger partial charge in [0.2, 0.25) is 0 Å². The van der Waals surface area contributed by atoms with Crippen molar-refractivity contribution in [2.45, 2.75) is 46.0 Å². The van der Waals surface area contributed by atoms with Crippen LogP contribution in [0.1, 0.15) is 46.0 Å². The Morgan fingerprint density at radius 2 is 2.00 bits per heavy atom. The van der Waals surface area contributed by atoms with Crippen LogP contribution in [0, 0.1) is 11.8 Å². The van der Waals surface area contributed by atoms with E-state index >= 15 is 0 Å². The molecule has 0 aromatic carbocycles. The molecule has 1 saturated carbocycles. The standard InChI is InChI=1S/C12H24N2/c1-10-5-4-6-11(2)12(8-7-10)9-14-13-3/h9-11,13-14H,4-8H2,1-3H3/b12-9-. The Morgan fingerprint density at radius 1 is 1.21 bits per heavy atom. The lowest BCUT2D eigenvalue weighted by atomic mass is 9.84. The van der Waals surface area contributed by atoms with Gasteiger partial charge in [0.15, 0.2) is 0 Å². The van der Waals surface area contributed by atoms with E-state index in [0.29, 0.717) is 0 Å². The normalized spacial score (nSPS) is 32.4. The number of hydrogen-bond acceptors (Lipinski definition) is 2. The Morgan fingerprint density at radius 3 is 2.71 bits per heavy atom. The summed E-state index contributed by atoms with van der Waals surface area (Å²) >= 11 is 0. The lowest BCUT2D eigenvalue weighted by Gasteiger charge is -2.22. The Balaban J connectivity index is 2.51. The van der Waals surface area contributed by atoms with Gasteiger partial charge in [-0.3, -0.25) is 0 Å². The van der Waals surface area contributed by atoms with E-state index in [2.05, 4.69) is 30.9 Å². The maximum atomic E-state index is 3.10. The third-order valence-corrected chi connectivity index (χ3v) is 3.29. The van der Waals surface area contributed by atoms with E-state index in [4.69, 9.17) is 0 Å². The number of hydrazine groups is 1.